The van der Waals surface area contributed by atoms with Gasteiger partial charge in [-0.3, -0.25) is 9.08 Å². The van der Waals surface area contributed by atoms with E-state index in [2.05, 4.69) is 29.2 Å². The molecule has 2 aromatic rings. The smallest absolute Gasteiger partial charge is 0.410 e. The summed E-state index contributed by atoms with van der Waals surface area (Å²) in [4.78, 5) is 30.6. The Morgan fingerprint density at radius 2 is 1.37 bits per heavy atom. The number of hydrogen-bond acceptors (Lipinski definition) is 8. The normalized spacial score (nSPS) is 23.2. The van der Waals surface area contributed by atoms with Gasteiger partial charge in [-0.25, -0.2) is 9.59 Å². The number of hydrogen-bond donors (Lipinski definition) is 0. The van der Waals surface area contributed by atoms with Gasteiger partial charge >= 0.3 is 12.2 Å². The zero-order valence-corrected chi connectivity index (χ0v) is 29.4. The molecule has 0 aromatic heterocycles. The first-order chi connectivity index (χ1) is 21.4. The molecule has 0 spiro atoms. The third kappa shape index (κ3) is 9.68. The lowest BCUT2D eigenvalue weighted by atomic mass is 10.1. The average Bonchev–Trinajstić information content (AvgIpc) is 3.66. The third-order valence-electron chi connectivity index (χ3n) is 8.26. The SMILES string of the molecule is CC(C)(C)OC(=O)N1C[C@H]2C[C@@H]1CN2Cc1ccccc1.CC[C@@H]1C[C@@H](OS(=O)(=O)c2ccc(C)cc2)CN1C(=O)OC(C)(C)C. The van der Waals surface area contributed by atoms with Gasteiger partial charge in [0.1, 0.15) is 11.2 Å². The second-order valence-electron chi connectivity index (χ2n) is 14.5. The minimum atomic E-state index is -3.86. The molecule has 46 heavy (non-hydrogen) atoms. The molecule has 0 N–H and O–H groups in total. The van der Waals surface area contributed by atoms with E-state index in [0.717, 1.165) is 31.6 Å². The van der Waals surface area contributed by atoms with Crippen LogP contribution in [0, 0.1) is 6.92 Å². The average molecular weight is 658 g/mol. The van der Waals surface area contributed by atoms with Crippen LogP contribution in [0.15, 0.2) is 59.5 Å². The summed E-state index contributed by atoms with van der Waals surface area (Å²) in [6, 6.07) is 17.8. The van der Waals surface area contributed by atoms with Crippen LogP contribution in [0.25, 0.3) is 0 Å². The summed E-state index contributed by atoms with van der Waals surface area (Å²) in [6.45, 7) is 17.9. The van der Waals surface area contributed by atoms with Gasteiger partial charge in [-0.15, -0.1) is 0 Å². The number of aryl methyl sites for hydroxylation is 1. The molecule has 3 fully saturated rings. The summed E-state index contributed by atoms with van der Waals surface area (Å²) in [7, 11) is -3.86. The van der Waals surface area contributed by atoms with Crippen LogP contribution in [0.4, 0.5) is 9.59 Å². The van der Waals surface area contributed by atoms with Crippen molar-refractivity contribution in [2.24, 2.45) is 0 Å². The van der Waals surface area contributed by atoms with Gasteiger partial charge in [0.05, 0.1) is 17.5 Å². The van der Waals surface area contributed by atoms with E-state index in [9.17, 15) is 18.0 Å². The third-order valence-corrected chi connectivity index (χ3v) is 9.63. The van der Waals surface area contributed by atoms with Crippen molar-refractivity contribution in [1.29, 1.82) is 0 Å². The Morgan fingerprint density at radius 3 is 1.89 bits per heavy atom. The van der Waals surface area contributed by atoms with Gasteiger partial charge in [0.25, 0.3) is 10.1 Å². The van der Waals surface area contributed by atoms with Crippen LogP contribution in [-0.2, 0) is 30.3 Å². The Labute approximate surface area is 275 Å². The van der Waals surface area contributed by atoms with Crippen LogP contribution in [0.5, 0.6) is 0 Å². The highest BCUT2D eigenvalue weighted by atomic mass is 32.2. The van der Waals surface area contributed by atoms with E-state index in [1.165, 1.54) is 17.7 Å². The second-order valence-corrected chi connectivity index (χ2v) is 16.1. The zero-order valence-electron chi connectivity index (χ0n) is 28.6. The largest absolute Gasteiger partial charge is 0.444 e. The summed E-state index contributed by atoms with van der Waals surface area (Å²) >= 11 is 0. The highest BCUT2D eigenvalue weighted by molar-refractivity contribution is 7.86. The maximum Gasteiger partial charge on any atom is 0.410 e. The number of carbonyl (C=O) groups is 2. The predicted molar refractivity (Wildman–Crippen MR) is 177 cm³/mol. The number of carbonyl (C=O) groups excluding carboxylic acids is 2. The number of ether oxygens (including phenoxy) is 2. The number of nitrogens with zero attached hydrogens (tertiary/aromatic N) is 3. The number of fused-ring (bicyclic) bond motifs is 2. The van der Waals surface area contributed by atoms with Crippen LogP contribution in [0.1, 0.15) is 78.9 Å². The Morgan fingerprint density at radius 1 is 0.783 bits per heavy atom. The predicted octanol–water partition coefficient (Wildman–Crippen LogP) is 6.37. The molecule has 2 aromatic carbocycles. The summed E-state index contributed by atoms with van der Waals surface area (Å²) in [5.41, 5.74) is 1.31. The highest BCUT2D eigenvalue weighted by Crippen LogP contribution is 2.33. The van der Waals surface area contributed by atoms with Crippen LogP contribution < -0.4 is 0 Å². The molecule has 4 atom stereocenters. The molecule has 3 saturated heterocycles. The van der Waals surface area contributed by atoms with Crippen LogP contribution in [0.3, 0.4) is 0 Å². The molecule has 10 nitrogen and oxygen atoms in total. The van der Waals surface area contributed by atoms with Gasteiger partial charge in [0, 0.05) is 37.8 Å². The summed E-state index contributed by atoms with van der Waals surface area (Å²) in [5, 5.41) is 0. The van der Waals surface area contributed by atoms with Crippen molar-refractivity contribution in [3.05, 3.63) is 65.7 Å². The number of benzene rings is 2. The molecule has 0 saturated carbocycles. The zero-order chi connectivity index (χ0) is 33.9. The van der Waals surface area contributed by atoms with Gasteiger partial charge < -0.3 is 19.3 Å². The Balaban J connectivity index is 0.000000211. The quantitative estimate of drug-likeness (QED) is 0.330. The van der Waals surface area contributed by atoms with Crippen molar-refractivity contribution in [2.45, 2.75) is 122 Å². The lowest BCUT2D eigenvalue weighted by molar-refractivity contribution is 0.0123. The van der Waals surface area contributed by atoms with E-state index in [1.807, 2.05) is 45.6 Å². The van der Waals surface area contributed by atoms with Crippen molar-refractivity contribution < 1.29 is 31.7 Å². The van der Waals surface area contributed by atoms with Crippen molar-refractivity contribution in [1.82, 2.24) is 14.7 Å². The first-order valence-corrected chi connectivity index (χ1v) is 17.6. The van der Waals surface area contributed by atoms with Gasteiger partial charge in [-0.1, -0.05) is 55.0 Å². The second kappa shape index (κ2) is 14.3. The molecule has 3 aliphatic heterocycles. The minimum Gasteiger partial charge on any atom is -0.444 e. The van der Waals surface area contributed by atoms with E-state index >= 15 is 0 Å². The van der Waals surface area contributed by atoms with Crippen LogP contribution in [0.2, 0.25) is 0 Å². The first-order valence-electron chi connectivity index (χ1n) is 16.2. The molecule has 3 aliphatic rings. The Kier molecular flexibility index (Phi) is 11.1. The van der Waals surface area contributed by atoms with E-state index in [1.54, 1.807) is 37.8 Å². The molecule has 0 unspecified atom stereocenters. The van der Waals surface area contributed by atoms with Crippen molar-refractivity contribution >= 4 is 22.3 Å². The van der Waals surface area contributed by atoms with Gasteiger partial charge in [0.2, 0.25) is 0 Å². The summed E-state index contributed by atoms with van der Waals surface area (Å²) in [6.07, 6.45) is 1.10. The molecule has 0 aliphatic carbocycles. The molecule has 11 heteroatoms. The number of amides is 2. The highest BCUT2D eigenvalue weighted by Gasteiger charge is 2.46. The Bertz CT molecular complexity index is 1440. The fourth-order valence-corrected chi connectivity index (χ4v) is 7.20. The maximum absolute atomic E-state index is 12.4. The van der Waals surface area contributed by atoms with Crippen molar-refractivity contribution in [2.75, 3.05) is 19.6 Å². The van der Waals surface area contributed by atoms with Gasteiger partial charge in [0.15, 0.2) is 0 Å². The molecule has 5 rings (SSSR count). The Hall–Kier alpha value is -3.15. The van der Waals surface area contributed by atoms with E-state index in [-0.39, 0.29) is 23.6 Å². The fourth-order valence-electron chi connectivity index (χ4n) is 6.12. The standard InChI is InChI=1S/C18H27NO5S.C17H24N2O2/c1-6-14-11-15(12-19(14)17(20)23-18(3,4)5)24-25(21,22)16-9-7-13(2)8-10-16;1-17(2,3)21-16(20)19-12-14-9-15(19)11-18(14)10-13-7-5-4-6-8-13/h7-10,14-15H,6,11-12H2,1-5H3;4-8,14-15H,9-12H2,1-3H3/t2*14-,15-/m11/s1. The molecule has 0 radical (unpaired) electrons. The monoisotopic (exact) mass is 657 g/mol. The topological polar surface area (TPSA) is 106 Å². The molecule has 3 heterocycles. The van der Waals surface area contributed by atoms with Crippen LogP contribution in [-0.4, -0.2) is 90.4 Å². The lowest BCUT2D eigenvalue weighted by Crippen LogP contribution is -2.49. The van der Waals surface area contributed by atoms with E-state index in [4.69, 9.17) is 13.7 Å². The molecule has 254 valence electrons. The van der Waals surface area contributed by atoms with E-state index < -0.39 is 33.5 Å². The fraction of sp³-hybridized carbons (Fsp3) is 0.600. The number of rotatable bonds is 6. The molecule has 2 amide bonds. The minimum absolute atomic E-state index is 0.0898. The van der Waals surface area contributed by atoms with Crippen molar-refractivity contribution in [3.8, 4) is 0 Å². The van der Waals surface area contributed by atoms with Crippen LogP contribution >= 0.6 is 0 Å². The number of likely N-dealkylation sites (tertiary alicyclic amines) is 3. The van der Waals surface area contributed by atoms with E-state index in [0.29, 0.717) is 24.9 Å². The summed E-state index contributed by atoms with van der Waals surface area (Å²) < 4.78 is 41.2. The number of piperazine rings is 1. The molecule has 2 bridgehead atoms. The maximum atomic E-state index is 12.4. The molecular formula is C35H51N3O7S. The van der Waals surface area contributed by atoms with Crippen molar-refractivity contribution in [3.63, 3.8) is 0 Å². The summed E-state index contributed by atoms with van der Waals surface area (Å²) in [5.74, 6) is 0. The van der Waals surface area contributed by atoms with Gasteiger partial charge in [-0.2, -0.15) is 8.42 Å². The lowest BCUT2D eigenvalue weighted by Gasteiger charge is -2.35. The first kappa shape index (κ1) is 35.7. The van der Waals surface area contributed by atoms with Gasteiger partial charge in [-0.05, 0) is 85.4 Å². The molecular weight excluding hydrogens is 606 g/mol.